The molecule has 0 aromatic rings. The molecule has 1 aliphatic heterocycles. The standard InChI is InChI=1S/C14H30N2O/c1-5-17-13(4)10-16-8-6-7-15-14(11-16)9-12(2)3/h12-15H,5-11H2,1-4H3. The zero-order chi connectivity index (χ0) is 12.7. The Morgan fingerprint density at radius 3 is 2.76 bits per heavy atom. The molecule has 2 unspecified atom stereocenters. The zero-order valence-corrected chi connectivity index (χ0v) is 12.0. The summed E-state index contributed by atoms with van der Waals surface area (Å²) in [5, 5.41) is 3.67. The van der Waals surface area contributed by atoms with E-state index in [2.05, 4.69) is 37.9 Å². The van der Waals surface area contributed by atoms with E-state index in [9.17, 15) is 0 Å². The van der Waals surface area contributed by atoms with Crippen molar-refractivity contribution in [1.29, 1.82) is 0 Å². The van der Waals surface area contributed by atoms with Gasteiger partial charge in [-0.05, 0) is 45.7 Å². The lowest BCUT2D eigenvalue weighted by Gasteiger charge is -2.27. The van der Waals surface area contributed by atoms with Gasteiger partial charge >= 0.3 is 0 Å². The van der Waals surface area contributed by atoms with Gasteiger partial charge < -0.3 is 10.1 Å². The van der Waals surface area contributed by atoms with Crippen molar-refractivity contribution in [2.24, 2.45) is 5.92 Å². The van der Waals surface area contributed by atoms with Crippen molar-refractivity contribution in [3.63, 3.8) is 0 Å². The lowest BCUT2D eigenvalue weighted by Crippen LogP contribution is -2.41. The second-order valence-corrected chi connectivity index (χ2v) is 5.66. The van der Waals surface area contributed by atoms with Gasteiger partial charge in [-0.1, -0.05) is 13.8 Å². The molecule has 0 bridgehead atoms. The number of nitrogens with zero attached hydrogens (tertiary/aromatic N) is 1. The third-order valence-electron chi connectivity index (χ3n) is 3.29. The van der Waals surface area contributed by atoms with Gasteiger partial charge in [0.1, 0.15) is 0 Å². The van der Waals surface area contributed by atoms with Crippen molar-refractivity contribution in [1.82, 2.24) is 10.2 Å². The van der Waals surface area contributed by atoms with E-state index in [0.29, 0.717) is 12.1 Å². The van der Waals surface area contributed by atoms with Crippen molar-refractivity contribution in [3.8, 4) is 0 Å². The Morgan fingerprint density at radius 2 is 2.12 bits per heavy atom. The first kappa shape index (κ1) is 14.9. The van der Waals surface area contributed by atoms with Gasteiger partial charge in [-0.3, -0.25) is 4.90 Å². The van der Waals surface area contributed by atoms with E-state index in [1.54, 1.807) is 0 Å². The van der Waals surface area contributed by atoms with Gasteiger partial charge in [0.25, 0.3) is 0 Å². The van der Waals surface area contributed by atoms with Crippen LogP contribution in [-0.2, 0) is 4.74 Å². The average Bonchev–Trinajstić information content (AvgIpc) is 2.42. The van der Waals surface area contributed by atoms with E-state index in [1.165, 1.54) is 25.9 Å². The van der Waals surface area contributed by atoms with E-state index in [0.717, 1.165) is 25.6 Å². The maximum Gasteiger partial charge on any atom is 0.0673 e. The Morgan fingerprint density at radius 1 is 1.35 bits per heavy atom. The molecule has 0 saturated carbocycles. The molecule has 0 spiro atoms. The van der Waals surface area contributed by atoms with Gasteiger partial charge in [-0.25, -0.2) is 0 Å². The number of nitrogens with one attached hydrogen (secondary N) is 1. The highest BCUT2D eigenvalue weighted by atomic mass is 16.5. The maximum atomic E-state index is 5.64. The first-order chi connectivity index (χ1) is 8.11. The third kappa shape index (κ3) is 6.39. The summed E-state index contributed by atoms with van der Waals surface area (Å²) >= 11 is 0. The zero-order valence-electron chi connectivity index (χ0n) is 12.0. The first-order valence-corrected chi connectivity index (χ1v) is 7.19. The Kier molecular flexibility index (Phi) is 7.09. The summed E-state index contributed by atoms with van der Waals surface area (Å²) in [5.74, 6) is 0.775. The molecule has 1 saturated heterocycles. The minimum absolute atomic E-state index is 0.359. The molecule has 102 valence electrons. The van der Waals surface area contributed by atoms with E-state index < -0.39 is 0 Å². The summed E-state index contributed by atoms with van der Waals surface area (Å²) < 4.78 is 5.64. The van der Waals surface area contributed by atoms with Crippen LogP contribution in [0.2, 0.25) is 0 Å². The summed E-state index contributed by atoms with van der Waals surface area (Å²) in [6.07, 6.45) is 2.89. The lowest BCUT2D eigenvalue weighted by atomic mass is 10.0. The molecule has 0 aliphatic carbocycles. The smallest absolute Gasteiger partial charge is 0.0673 e. The summed E-state index contributed by atoms with van der Waals surface area (Å²) in [6, 6.07) is 0.659. The van der Waals surface area contributed by atoms with Crippen molar-refractivity contribution >= 4 is 0 Å². The predicted molar refractivity (Wildman–Crippen MR) is 73.4 cm³/mol. The van der Waals surface area contributed by atoms with E-state index in [-0.39, 0.29) is 0 Å². The molecule has 1 fully saturated rings. The monoisotopic (exact) mass is 242 g/mol. The van der Waals surface area contributed by atoms with Crippen LogP contribution >= 0.6 is 0 Å². The Labute approximate surface area is 107 Å². The van der Waals surface area contributed by atoms with Gasteiger partial charge in [-0.15, -0.1) is 0 Å². The van der Waals surface area contributed by atoms with Crippen LogP contribution in [0.15, 0.2) is 0 Å². The summed E-state index contributed by atoms with van der Waals surface area (Å²) in [5.41, 5.74) is 0. The average molecular weight is 242 g/mol. The normalized spacial score (nSPS) is 24.9. The van der Waals surface area contributed by atoms with Crippen molar-refractivity contribution < 1.29 is 4.74 Å². The number of ether oxygens (including phenoxy) is 1. The minimum atomic E-state index is 0.359. The molecule has 0 aromatic carbocycles. The first-order valence-electron chi connectivity index (χ1n) is 7.19. The second kappa shape index (κ2) is 8.06. The maximum absolute atomic E-state index is 5.64. The Hall–Kier alpha value is -0.120. The van der Waals surface area contributed by atoms with Gasteiger partial charge in [0.15, 0.2) is 0 Å². The highest BCUT2D eigenvalue weighted by Crippen LogP contribution is 2.10. The quantitative estimate of drug-likeness (QED) is 0.772. The third-order valence-corrected chi connectivity index (χ3v) is 3.29. The van der Waals surface area contributed by atoms with Crippen LogP contribution in [0.3, 0.4) is 0 Å². The molecule has 0 amide bonds. The van der Waals surface area contributed by atoms with Crippen LogP contribution in [0.1, 0.15) is 40.5 Å². The van der Waals surface area contributed by atoms with Crippen LogP contribution in [0.25, 0.3) is 0 Å². The summed E-state index contributed by atoms with van der Waals surface area (Å²) in [6.45, 7) is 14.3. The van der Waals surface area contributed by atoms with E-state index in [1.807, 2.05) is 0 Å². The fourth-order valence-electron chi connectivity index (χ4n) is 2.67. The fourth-order valence-corrected chi connectivity index (χ4v) is 2.67. The highest BCUT2D eigenvalue weighted by Gasteiger charge is 2.19. The molecule has 0 aromatic heterocycles. The van der Waals surface area contributed by atoms with Crippen LogP contribution in [-0.4, -0.2) is 49.8 Å². The van der Waals surface area contributed by atoms with Gasteiger partial charge in [0.2, 0.25) is 0 Å². The molecular formula is C14H30N2O. The van der Waals surface area contributed by atoms with Crippen LogP contribution in [0.5, 0.6) is 0 Å². The van der Waals surface area contributed by atoms with E-state index in [4.69, 9.17) is 4.74 Å². The summed E-state index contributed by atoms with van der Waals surface area (Å²) in [7, 11) is 0. The Balaban J connectivity index is 2.37. The molecule has 3 nitrogen and oxygen atoms in total. The molecule has 1 aliphatic rings. The van der Waals surface area contributed by atoms with Gasteiger partial charge in [-0.2, -0.15) is 0 Å². The summed E-state index contributed by atoms with van der Waals surface area (Å²) in [4.78, 5) is 2.56. The van der Waals surface area contributed by atoms with Crippen LogP contribution in [0, 0.1) is 5.92 Å². The minimum Gasteiger partial charge on any atom is -0.377 e. The van der Waals surface area contributed by atoms with Crippen molar-refractivity contribution in [2.45, 2.75) is 52.7 Å². The largest absolute Gasteiger partial charge is 0.377 e. The number of hydrogen-bond donors (Lipinski definition) is 1. The highest BCUT2D eigenvalue weighted by molar-refractivity contribution is 4.78. The predicted octanol–water partition coefficient (Wildman–Crippen LogP) is 2.12. The van der Waals surface area contributed by atoms with Crippen molar-refractivity contribution in [2.75, 3.05) is 32.8 Å². The topological polar surface area (TPSA) is 24.5 Å². The SMILES string of the molecule is CCOC(C)CN1CCCNC(CC(C)C)C1. The molecular weight excluding hydrogens is 212 g/mol. The number of hydrogen-bond acceptors (Lipinski definition) is 3. The van der Waals surface area contributed by atoms with E-state index >= 15 is 0 Å². The molecule has 17 heavy (non-hydrogen) atoms. The Bertz CT molecular complexity index is 197. The molecule has 1 heterocycles. The number of rotatable bonds is 6. The van der Waals surface area contributed by atoms with Crippen LogP contribution in [0.4, 0.5) is 0 Å². The fraction of sp³-hybridized carbons (Fsp3) is 1.00. The van der Waals surface area contributed by atoms with Crippen LogP contribution < -0.4 is 5.32 Å². The molecule has 0 radical (unpaired) electrons. The molecule has 1 rings (SSSR count). The second-order valence-electron chi connectivity index (χ2n) is 5.66. The van der Waals surface area contributed by atoms with Gasteiger partial charge in [0, 0.05) is 25.7 Å². The van der Waals surface area contributed by atoms with Crippen molar-refractivity contribution in [3.05, 3.63) is 0 Å². The molecule has 2 atom stereocenters. The lowest BCUT2D eigenvalue weighted by molar-refractivity contribution is 0.0448. The molecule has 1 N–H and O–H groups in total. The molecule has 3 heteroatoms. The van der Waals surface area contributed by atoms with Gasteiger partial charge in [0.05, 0.1) is 6.10 Å².